The summed E-state index contributed by atoms with van der Waals surface area (Å²) in [5.41, 5.74) is 1.17. The summed E-state index contributed by atoms with van der Waals surface area (Å²) in [6.07, 6.45) is -3.72. The van der Waals surface area contributed by atoms with Gasteiger partial charge in [-0.3, -0.25) is 0 Å². The molecule has 0 fully saturated rings. The predicted molar refractivity (Wildman–Crippen MR) is 129 cm³/mol. The predicted octanol–water partition coefficient (Wildman–Crippen LogP) is 7.67. The lowest BCUT2D eigenvalue weighted by Gasteiger charge is -2.09. The van der Waals surface area contributed by atoms with Crippen LogP contribution in [0.3, 0.4) is 0 Å². The van der Waals surface area contributed by atoms with Crippen molar-refractivity contribution in [3.8, 4) is 22.0 Å². The van der Waals surface area contributed by atoms with Crippen LogP contribution in [0.15, 0.2) is 60.7 Å². The van der Waals surface area contributed by atoms with Crippen LogP contribution in [0.5, 0.6) is 0 Å². The lowest BCUT2D eigenvalue weighted by Crippen LogP contribution is -2.04. The maximum atomic E-state index is 15.1. The van der Waals surface area contributed by atoms with Gasteiger partial charge in [-0.2, -0.15) is 13.2 Å². The minimum atomic E-state index is -4.48. The molecule has 5 rings (SSSR count). The molecule has 0 amide bonds. The van der Waals surface area contributed by atoms with Crippen LogP contribution in [-0.2, 0) is 12.7 Å². The first kappa shape index (κ1) is 23.9. The summed E-state index contributed by atoms with van der Waals surface area (Å²) in [4.78, 5) is 4.62. The van der Waals surface area contributed by atoms with E-state index in [1.54, 1.807) is 12.1 Å². The molecular weight excluding hydrogens is 497 g/mol. The van der Waals surface area contributed by atoms with E-state index in [-0.39, 0.29) is 21.4 Å². The number of hydrogen-bond donors (Lipinski definition) is 1. The largest absolute Gasteiger partial charge is 0.416 e. The molecule has 0 saturated carbocycles. The number of hydrogen-bond acceptors (Lipinski definition) is 5. The average molecular weight is 516 g/mol. The highest BCUT2D eigenvalue weighted by Gasteiger charge is 2.30. The molecule has 0 aliphatic heterocycles. The Labute approximate surface area is 206 Å². The molecule has 5 nitrogen and oxygen atoms in total. The van der Waals surface area contributed by atoms with Gasteiger partial charge < -0.3 is 9.88 Å². The SMILES string of the molecule is CCCn1c(-c2cccc(F)c2)nc2cc(Nc3nnc(-c4cccc(C(F)(F)F)c4)s3)c(F)cc21. The van der Waals surface area contributed by atoms with Crippen molar-refractivity contribution in [2.45, 2.75) is 26.1 Å². The van der Waals surface area contributed by atoms with Gasteiger partial charge in [0.1, 0.15) is 22.5 Å². The van der Waals surface area contributed by atoms with Gasteiger partial charge in [0, 0.05) is 23.7 Å². The number of aromatic nitrogens is 4. The first-order valence-electron chi connectivity index (χ1n) is 11.0. The molecule has 0 radical (unpaired) electrons. The van der Waals surface area contributed by atoms with Gasteiger partial charge >= 0.3 is 6.18 Å². The lowest BCUT2D eigenvalue weighted by molar-refractivity contribution is -0.137. The summed E-state index contributed by atoms with van der Waals surface area (Å²) < 4.78 is 69.9. The molecule has 3 aromatic carbocycles. The van der Waals surface area contributed by atoms with E-state index in [4.69, 9.17) is 0 Å². The van der Waals surface area contributed by atoms with Crippen molar-refractivity contribution in [3.05, 3.63) is 77.9 Å². The molecule has 11 heteroatoms. The Balaban J connectivity index is 1.49. The van der Waals surface area contributed by atoms with Gasteiger partial charge in [0.15, 0.2) is 0 Å². The third kappa shape index (κ3) is 4.66. The number of aryl methyl sites for hydroxylation is 1. The van der Waals surface area contributed by atoms with Gasteiger partial charge in [-0.15, -0.1) is 10.2 Å². The van der Waals surface area contributed by atoms with E-state index < -0.39 is 23.4 Å². The fourth-order valence-corrected chi connectivity index (χ4v) is 4.63. The minimum Gasteiger partial charge on any atom is -0.328 e. The number of imidazole rings is 1. The molecule has 5 aromatic rings. The molecular formula is C25H18F5N5S. The molecule has 2 aromatic heterocycles. The molecule has 0 aliphatic rings. The Morgan fingerprint density at radius 1 is 0.944 bits per heavy atom. The number of nitrogens with one attached hydrogen (secondary N) is 1. The van der Waals surface area contributed by atoms with E-state index in [0.717, 1.165) is 29.9 Å². The molecule has 0 spiro atoms. The topological polar surface area (TPSA) is 55.6 Å². The van der Waals surface area contributed by atoms with Crippen LogP contribution in [-0.4, -0.2) is 19.7 Å². The fraction of sp³-hybridized carbons (Fsp3) is 0.160. The molecule has 0 saturated heterocycles. The number of halogens is 5. The van der Waals surface area contributed by atoms with Crippen molar-refractivity contribution < 1.29 is 22.0 Å². The summed E-state index contributed by atoms with van der Waals surface area (Å²) in [5, 5.41) is 11.2. The van der Waals surface area contributed by atoms with Crippen LogP contribution < -0.4 is 5.32 Å². The maximum absolute atomic E-state index is 15.1. The number of benzene rings is 3. The molecule has 0 unspecified atom stereocenters. The van der Waals surface area contributed by atoms with Gasteiger partial charge in [0.25, 0.3) is 0 Å². The molecule has 1 N–H and O–H groups in total. The Bertz CT molecular complexity index is 1560. The van der Waals surface area contributed by atoms with Crippen molar-refractivity contribution in [1.29, 1.82) is 0 Å². The van der Waals surface area contributed by atoms with E-state index in [1.807, 2.05) is 11.5 Å². The standard InChI is InChI=1S/C25H18F5N5S/c1-2-9-35-21-12-18(27)19(13-20(21)31-22(35)14-5-4-8-17(26)11-14)32-24-34-33-23(36-24)15-6-3-7-16(10-15)25(28,29)30/h3-8,10-13H,2,9H2,1H3,(H,32,34). The quantitative estimate of drug-likeness (QED) is 0.236. The van der Waals surface area contributed by atoms with Crippen LogP contribution in [0, 0.1) is 11.6 Å². The fourth-order valence-electron chi connectivity index (χ4n) is 3.87. The van der Waals surface area contributed by atoms with Crippen LogP contribution in [0.2, 0.25) is 0 Å². The van der Waals surface area contributed by atoms with Gasteiger partial charge in [-0.05, 0) is 36.8 Å². The molecule has 0 atom stereocenters. The van der Waals surface area contributed by atoms with Gasteiger partial charge in [-0.1, -0.05) is 42.5 Å². The van der Waals surface area contributed by atoms with Crippen molar-refractivity contribution in [2.24, 2.45) is 0 Å². The van der Waals surface area contributed by atoms with Crippen LogP contribution in [0.4, 0.5) is 32.8 Å². The maximum Gasteiger partial charge on any atom is 0.416 e. The second kappa shape index (κ2) is 9.30. The number of fused-ring (bicyclic) bond motifs is 1. The highest BCUT2D eigenvalue weighted by atomic mass is 32.1. The monoisotopic (exact) mass is 515 g/mol. The van der Waals surface area contributed by atoms with E-state index >= 15 is 4.39 Å². The molecule has 36 heavy (non-hydrogen) atoms. The van der Waals surface area contributed by atoms with Gasteiger partial charge in [-0.25, -0.2) is 13.8 Å². The van der Waals surface area contributed by atoms with Crippen LogP contribution in [0.1, 0.15) is 18.9 Å². The Morgan fingerprint density at radius 3 is 2.47 bits per heavy atom. The van der Waals surface area contributed by atoms with Crippen molar-refractivity contribution in [3.63, 3.8) is 0 Å². The van der Waals surface area contributed by atoms with Gasteiger partial charge in [0.2, 0.25) is 5.13 Å². The van der Waals surface area contributed by atoms with Crippen molar-refractivity contribution >= 4 is 33.2 Å². The third-order valence-electron chi connectivity index (χ3n) is 5.47. The van der Waals surface area contributed by atoms with E-state index in [2.05, 4.69) is 20.5 Å². The summed E-state index contributed by atoms with van der Waals surface area (Å²) in [7, 11) is 0. The number of rotatable bonds is 6. The Morgan fingerprint density at radius 2 is 1.72 bits per heavy atom. The average Bonchev–Trinajstić information content (AvgIpc) is 3.44. The Hall–Kier alpha value is -3.86. The number of alkyl halides is 3. The summed E-state index contributed by atoms with van der Waals surface area (Å²) in [5.74, 6) is -0.448. The second-order valence-corrected chi connectivity index (χ2v) is 9.01. The molecule has 184 valence electrons. The summed E-state index contributed by atoms with van der Waals surface area (Å²) >= 11 is 0.995. The third-order valence-corrected chi connectivity index (χ3v) is 6.36. The summed E-state index contributed by atoms with van der Waals surface area (Å²) in [6, 6.07) is 13.7. The first-order chi connectivity index (χ1) is 17.2. The zero-order valence-corrected chi connectivity index (χ0v) is 19.6. The van der Waals surface area contributed by atoms with Crippen molar-refractivity contribution in [2.75, 3.05) is 5.32 Å². The minimum absolute atomic E-state index is 0.0844. The smallest absolute Gasteiger partial charge is 0.328 e. The van der Waals surface area contributed by atoms with Gasteiger partial charge in [0.05, 0.1) is 22.3 Å². The molecule has 2 heterocycles. The molecule has 0 aliphatic carbocycles. The van der Waals surface area contributed by atoms with E-state index in [9.17, 15) is 17.6 Å². The number of anilines is 2. The zero-order chi connectivity index (χ0) is 25.4. The number of nitrogens with zero attached hydrogens (tertiary/aromatic N) is 4. The molecule has 0 bridgehead atoms. The summed E-state index contributed by atoms with van der Waals surface area (Å²) in [6.45, 7) is 2.54. The lowest BCUT2D eigenvalue weighted by atomic mass is 10.1. The van der Waals surface area contributed by atoms with Crippen molar-refractivity contribution in [1.82, 2.24) is 19.7 Å². The second-order valence-electron chi connectivity index (χ2n) is 8.03. The zero-order valence-electron chi connectivity index (χ0n) is 18.8. The van der Waals surface area contributed by atoms with Crippen LogP contribution in [0.25, 0.3) is 33.0 Å². The normalized spacial score (nSPS) is 11.8. The highest BCUT2D eigenvalue weighted by molar-refractivity contribution is 7.18. The van der Waals surface area contributed by atoms with E-state index in [0.29, 0.717) is 29.0 Å². The first-order valence-corrected chi connectivity index (χ1v) is 11.8. The van der Waals surface area contributed by atoms with E-state index in [1.165, 1.54) is 36.4 Å². The van der Waals surface area contributed by atoms with Crippen LogP contribution >= 0.6 is 11.3 Å². The Kier molecular flexibility index (Phi) is 6.17. The highest BCUT2D eigenvalue weighted by Crippen LogP contribution is 2.35.